The molecule has 4 aromatic rings. The number of rotatable bonds is 6. The maximum atomic E-state index is 4.29. The Labute approximate surface area is 159 Å². The molecule has 27 heavy (non-hydrogen) atoms. The first-order valence-electron chi connectivity index (χ1n) is 9.00. The molecule has 0 spiro atoms. The van der Waals surface area contributed by atoms with Crippen LogP contribution in [0.1, 0.15) is 11.1 Å². The van der Waals surface area contributed by atoms with Crippen LogP contribution in [0.5, 0.6) is 0 Å². The number of hydrogen-bond acceptors (Lipinski definition) is 2. The summed E-state index contributed by atoms with van der Waals surface area (Å²) in [4.78, 5) is 0. The summed E-state index contributed by atoms with van der Waals surface area (Å²) >= 11 is 0. The maximum Gasteiger partial charge on any atom is 0.244 e. The number of benzene rings is 3. The van der Waals surface area contributed by atoms with Crippen molar-refractivity contribution < 1.29 is 4.57 Å². The fourth-order valence-electron chi connectivity index (χ4n) is 2.91. The lowest BCUT2D eigenvalue weighted by Gasteiger charge is -1.99. The molecule has 1 heterocycles. The second-order valence-corrected chi connectivity index (χ2v) is 6.45. The molecule has 0 saturated heterocycles. The Balaban J connectivity index is 1.38. The van der Waals surface area contributed by atoms with E-state index in [4.69, 9.17) is 0 Å². The van der Waals surface area contributed by atoms with E-state index in [1.807, 2.05) is 48.5 Å². The molecular formula is C23H21N4+. The smallest absolute Gasteiger partial charge is 0.233 e. The maximum absolute atomic E-state index is 4.29. The third-order valence-electron chi connectivity index (χ3n) is 4.29. The van der Waals surface area contributed by atoms with E-state index >= 15 is 0 Å². The molecule has 0 radical (unpaired) electrons. The summed E-state index contributed by atoms with van der Waals surface area (Å²) in [7, 11) is 0. The Morgan fingerprint density at radius 1 is 0.667 bits per heavy atom. The van der Waals surface area contributed by atoms with Crippen molar-refractivity contribution >= 4 is 11.4 Å². The third kappa shape index (κ3) is 4.76. The topological polar surface area (TPSA) is 33.5 Å². The van der Waals surface area contributed by atoms with Crippen LogP contribution in [-0.4, -0.2) is 4.57 Å². The van der Waals surface area contributed by atoms with Gasteiger partial charge in [-0.1, -0.05) is 60.7 Å². The van der Waals surface area contributed by atoms with Crippen LogP contribution in [0.4, 0.5) is 11.4 Å². The van der Waals surface area contributed by atoms with Crippen molar-refractivity contribution in [1.29, 1.82) is 0 Å². The normalized spacial score (nSPS) is 11.1. The van der Waals surface area contributed by atoms with E-state index in [1.54, 1.807) is 0 Å². The van der Waals surface area contributed by atoms with Gasteiger partial charge in [-0.25, -0.2) is 9.13 Å². The van der Waals surface area contributed by atoms with E-state index in [0.29, 0.717) is 0 Å². The molecule has 0 aliphatic rings. The van der Waals surface area contributed by atoms with Crippen molar-refractivity contribution in [3.8, 4) is 0 Å². The lowest BCUT2D eigenvalue weighted by atomic mass is 10.2. The van der Waals surface area contributed by atoms with Gasteiger partial charge in [-0.3, -0.25) is 0 Å². The van der Waals surface area contributed by atoms with E-state index in [2.05, 4.69) is 74.5 Å². The van der Waals surface area contributed by atoms with Gasteiger partial charge in [-0.05, 0) is 35.4 Å². The predicted octanol–water partition coefficient (Wildman–Crippen LogP) is 5.29. The molecule has 0 fully saturated rings. The summed E-state index contributed by atoms with van der Waals surface area (Å²) in [5.74, 6) is 0. The van der Waals surface area contributed by atoms with E-state index in [-0.39, 0.29) is 0 Å². The summed E-state index contributed by atoms with van der Waals surface area (Å²) in [5.41, 5.74) is 4.25. The van der Waals surface area contributed by atoms with Gasteiger partial charge in [0, 0.05) is 0 Å². The average Bonchev–Trinajstić information content (AvgIpc) is 3.16. The third-order valence-corrected chi connectivity index (χ3v) is 4.29. The Morgan fingerprint density at radius 2 is 1.30 bits per heavy atom. The Bertz CT molecular complexity index is 1000. The van der Waals surface area contributed by atoms with Crippen molar-refractivity contribution in [2.75, 3.05) is 0 Å². The van der Waals surface area contributed by atoms with Crippen molar-refractivity contribution in [3.63, 3.8) is 0 Å². The van der Waals surface area contributed by atoms with E-state index in [1.165, 1.54) is 11.1 Å². The van der Waals surface area contributed by atoms with Gasteiger partial charge in [0.2, 0.25) is 6.33 Å². The van der Waals surface area contributed by atoms with E-state index in [0.717, 1.165) is 24.5 Å². The molecular weight excluding hydrogens is 332 g/mol. The van der Waals surface area contributed by atoms with Gasteiger partial charge >= 0.3 is 0 Å². The van der Waals surface area contributed by atoms with E-state index < -0.39 is 0 Å². The molecule has 0 saturated carbocycles. The van der Waals surface area contributed by atoms with Crippen LogP contribution in [0, 0.1) is 0 Å². The van der Waals surface area contributed by atoms with Gasteiger partial charge in [0.05, 0.1) is 11.4 Å². The number of nitrogens with zero attached hydrogens (tertiary/aromatic N) is 4. The number of azo groups is 1. The van der Waals surface area contributed by atoms with Crippen LogP contribution >= 0.6 is 0 Å². The molecule has 4 nitrogen and oxygen atoms in total. The quantitative estimate of drug-likeness (QED) is 0.333. The first-order valence-corrected chi connectivity index (χ1v) is 9.00. The molecule has 1 aromatic heterocycles. The van der Waals surface area contributed by atoms with Gasteiger partial charge in [-0.2, -0.15) is 10.2 Å². The first-order chi connectivity index (χ1) is 13.3. The van der Waals surface area contributed by atoms with Gasteiger partial charge in [-0.15, -0.1) is 0 Å². The first kappa shape index (κ1) is 16.9. The van der Waals surface area contributed by atoms with Crippen molar-refractivity contribution in [1.82, 2.24) is 4.57 Å². The summed E-state index contributed by atoms with van der Waals surface area (Å²) in [6.07, 6.45) is 6.34. The molecule has 0 N–H and O–H groups in total. The zero-order valence-electron chi connectivity index (χ0n) is 15.0. The molecule has 0 aliphatic carbocycles. The molecule has 0 atom stereocenters. The Hall–Kier alpha value is -3.53. The van der Waals surface area contributed by atoms with Crippen LogP contribution in [0.3, 0.4) is 0 Å². The molecule has 0 aliphatic heterocycles. The highest BCUT2D eigenvalue weighted by Gasteiger charge is 2.05. The Kier molecular flexibility index (Phi) is 5.16. The summed E-state index contributed by atoms with van der Waals surface area (Å²) in [6, 6.07) is 28.4. The van der Waals surface area contributed by atoms with Crippen LogP contribution in [0.15, 0.2) is 114 Å². The second-order valence-electron chi connectivity index (χ2n) is 6.45. The van der Waals surface area contributed by atoms with Crippen molar-refractivity contribution in [2.45, 2.75) is 13.1 Å². The summed E-state index contributed by atoms with van der Waals surface area (Å²) in [6.45, 7) is 1.71. The summed E-state index contributed by atoms with van der Waals surface area (Å²) in [5, 5.41) is 8.54. The highest BCUT2D eigenvalue weighted by atomic mass is 15.1. The minimum Gasteiger partial charge on any atom is -0.233 e. The number of imidazole rings is 1. The minimum atomic E-state index is 0.831. The predicted molar refractivity (Wildman–Crippen MR) is 106 cm³/mol. The van der Waals surface area contributed by atoms with Gasteiger partial charge in [0.15, 0.2) is 0 Å². The lowest BCUT2D eigenvalue weighted by Crippen LogP contribution is -2.31. The number of hydrogen-bond donors (Lipinski definition) is 0. The standard InChI is InChI=1S/C23H21N4/c1-3-7-20(8-4-1)17-26-15-16-27(19-26)18-21-11-13-23(14-12-21)25-24-22-9-5-2-6-10-22/h1-16,19H,17-18H2/q+1. The molecule has 0 unspecified atom stereocenters. The zero-order valence-corrected chi connectivity index (χ0v) is 15.0. The van der Waals surface area contributed by atoms with Crippen LogP contribution in [-0.2, 0) is 13.1 Å². The fourth-order valence-corrected chi connectivity index (χ4v) is 2.91. The summed E-state index contributed by atoms with van der Waals surface area (Å²) < 4.78 is 4.38. The van der Waals surface area contributed by atoms with E-state index in [9.17, 15) is 0 Å². The lowest BCUT2D eigenvalue weighted by molar-refractivity contribution is -0.687. The highest BCUT2D eigenvalue weighted by Crippen LogP contribution is 2.18. The molecule has 4 heteroatoms. The van der Waals surface area contributed by atoms with Crippen LogP contribution < -0.4 is 4.57 Å². The highest BCUT2D eigenvalue weighted by molar-refractivity contribution is 5.41. The average molecular weight is 353 g/mol. The SMILES string of the molecule is c1ccc(C[n+]2ccn(Cc3ccc(N=Nc4ccccc4)cc3)c2)cc1. The molecule has 3 aromatic carbocycles. The monoisotopic (exact) mass is 353 g/mol. The molecule has 0 bridgehead atoms. The van der Waals surface area contributed by atoms with Gasteiger partial charge in [0.1, 0.15) is 25.5 Å². The largest absolute Gasteiger partial charge is 0.244 e. The fraction of sp³-hybridized carbons (Fsp3) is 0.0870. The van der Waals surface area contributed by atoms with Crippen LogP contribution in [0.2, 0.25) is 0 Å². The molecule has 0 amide bonds. The van der Waals surface area contributed by atoms with Crippen molar-refractivity contribution in [3.05, 3.63) is 115 Å². The molecule has 4 rings (SSSR count). The second kappa shape index (κ2) is 8.23. The Morgan fingerprint density at radius 3 is 2.00 bits per heavy atom. The number of aromatic nitrogens is 2. The minimum absolute atomic E-state index is 0.831. The zero-order chi connectivity index (χ0) is 18.3. The molecule has 132 valence electrons. The van der Waals surface area contributed by atoms with Gasteiger partial charge < -0.3 is 0 Å². The van der Waals surface area contributed by atoms with Crippen molar-refractivity contribution in [2.24, 2.45) is 10.2 Å². The van der Waals surface area contributed by atoms with Gasteiger partial charge in [0.25, 0.3) is 0 Å². The van der Waals surface area contributed by atoms with Crippen LogP contribution in [0.25, 0.3) is 0 Å².